The number of morpholine rings is 1. The zero-order valence-electron chi connectivity index (χ0n) is 20.9. The van der Waals surface area contributed by atoms with Crippen molar-refractivity contribution in [2.75, 3.05) is 56.3 Å². The van der Waals surface area contributed by atoms with Gasteiger partial charge in [0, 0.05) is 25.2 Å². The Morgan fingerprint density at radius 3 is 2.54 bits per heavy atom. The number of nitrogens with zero attached hydrogens (tertiary/aromatic N) is 2. The van der Waals surface area contributed by atoms with E-state index in [0.717, 1.165) is 42.9 Å². The minimum absolute atomic E-state index is 0.0341. The van der Waals surface area contributed by atoms with Crippen LogP contribution in [0.2, 0.25) is 0 Å². The number of hydrogen-bond acceptors (Lipinski definition) is 7. The van der Waals surface area contributed by atoms with Gasteiger partial charge in [-0.05, 0) is 32.6 Å². The number of carbonyl (C=O) groups is 3. The minimum Gasteiger partial charge on any atom is -0.492 e. The number of ether oxygens (including phenoxy) is 3. The summed E-state index contributed by atoms with van der Waals surface area (Å²) in [6.07, 6.45) is 3.39. The minimum atomic E-state index is -0.895. The fourth-order valence-electron chi connectivity index (χ4n) is 5.22. The molecule has 3 aliphatic rings. The Hall–Kier alpha value is -3.01. The van der Waals surface area contributed by atoms with Crippen molar-refractivity contribution in [1.82, 2.24) is 10.2 Å². The van der Waals surface area contributed by atoms with E-state index in [1.165, 1.54) is 0 Å². The van der Waals surface area contributed by atoms with Crippen molar-refractivity contribution in [3.05, 3.63) is 12.1 Å². The van der Waals surface area contributed by atoms with Crippen molar-refractivity contribution in [2.45, 2.75) is 52.0 Å². The van der Waals surface area contributed by atoms with Gasteiger partial charge in [0.05, 0.1) is 37.8 Å². The van der Waals surface area contributed by atoms with Gasteiger partial charge in [0.2, 0.25) is 5.91 Å². The summed E-state index contributed by atoms with van der Waals surface area (Å²) < 4.78 is 17.2. The van der Waals surface area contributed by atoms with E-state index in [1.807, 2.05) is 26.8 Å². The van der Waals surface area contributed by atoms with Crippen molar-refractivity contribution >= 4 is 29.2 Å². The number of nitrogens with one attached hydrogen (secondary N) is 2. The average molecular weight is 489 g/mol. The molecule has 0 radical (unpaired) electrons. The van der Waals surface area contributed by atoms with Crippen molar-refractivity contribution in [2.24, 2.45) is 5.92 Å². The Kier molecular flexibility index (Phi) is 7.69. The topological polar surface area (TPSA) is 109 Å². The maximum Gasteiger partial charge on any atom is 0.325 e. The highest BCUT2D eigenvalue weighted by Gasteiger charge is 2.55. The van der Waals surface area contributed by atoms with Crippen LogP contribution in [0.3, 0.4) is 0 Å². The molecule has 4 amide bonds. The highest BCUT2D eigenvalue weighted by atomic mass is 16.5. The van der Waals surface area contributed by atoms with Gasteiger partial charge in [-0.1, -0.05) is 19.8 Å². The molecule has 35 heavy (non-hydrogen) atoms. The highest BCUT2D eigenvalue weighted by molar-refractivity contribution is 6.10. The van der Waals surface area contributed by atoms with Crippen molar-refractivity contribution in [3.63, 3.8) is 0 Å². The summed E-state index contributed by atoms with van der Waals surface area (Å²) in [6, 6.07) is 3.09. The number of rotatable bonds is 8. The molecule has 1 aromatic rings. The van der Waals surface area contributed by atoms with Gasteiger partial charge in [-0.15, -0.1) is 0 Å². The fourth-order valence-corrected chi connectivity index (χ4v) is 5.22. The van der Waals surface area contributed by atoms with E-state index in [1.54, 1.807) is 6.07 Å². The lowest BCUT2D eigenvalue weighted by Gasteiger charge is -2.36. The highest BCUT2D eigenvalue weighted by Crippen LogP contribution is 2.40. The summed E-state index contributed by atoms with van der Waals surface area (Å²) in [5, 5.41) is 5.72. The van der Waals surface area contributed by atoms with Crippen LogP contribution in [0.25, 0.3) is 0 Å². The molecule has 10 heteroatoms. The smallest absolute Gasteiger partial charge is 0.325 e. The first-order valence-electron chi connectivity index (χ1n) is 12.6. The van der Waals surface area contributed by atoms with Crippen LogP contribution < -0.4 is 25.0 Å². The van der Waals surface area contributed by atoms with E-state index in [0.29, 0.717) is 50.0 Å². The molecule has 4 rings (SSSR count). The molecule has 1 spiro atoms. The molecule has 192 valence electrons. The van der Waals surface area contributed by atoms with Gasteiger partial charge in [-0.2, -0.15) is 0 Å². The summed E-state index contributed by atoms with van der Waals surface area (Å²) >= 11 is 0. The third kappa shape index (κ3) is 5.03. The van der Waals surface area contributed by atoms with Crippen molar-refractivity contribution < 1.29 is 28.6 Å². The van der Waals surface area contributed by atoms with Crippen molar-refractivity contribution in [1.29, 1.82) is 0 Å². The Bertz CT molecular complexity index is 964. The van der Waals surface area contributed by atoms with Gasteiger partial charge in [0.1, 0.15) is 23.6 Å². The van der Waals surface area contributed by atoms with E-state index in [4.69, 9.17) is 14.2 Å². The predicted molar refractivity (Wildman–Crippen MR) is 131 cm³/mol. The molecule has 2 aliphatic heterocycles. The molecule has 3 fully saturated rings. The van der Waals surface area contributed by atoms with Crippen LogP contribution in [0, 0.1) is 5.92 Å². The lowest BCUT2D eigenvalue weighted by atomic mass is 9.73. The molecular weight excluding hydrogens is 452 g/mol. The zero-order valence-corrected chi connectivity index (χ0v) is 20.9. The average Bonchev–Trinajstić information content (AvgIpc) is 3.08. The normalized spacial score (nSPS) is 24.5. The van der Waals surface area contributed by atoms with Gasteiger partial charge < -0.3 is 29.7 Å². The monoisotopic (exact) mass is 488 g/mol. The molecular formula is C25H36N4O6. The molecule has 1 saturated carbocycles. The summed E-state index contributed by atoms with van der Waals surface area (Å²) in [7, 11) is 0. The van der Waals surface area contributed by atoms with Gasteiger partial charge in [-0.3, -0.25) is 14.5 Å². The van der Waals surface area contributed by atoms with E-state index in [2.05, 4.69) is 15.5 Å². The second-order valence-corrected chi connectivity index (χ2v) is 9.27. The number of amides is 4. The Labute approximate surface area is 206 Å². The van der Waals surface area contributed by atoms with Crippen LogP contribution in [-0.4, -0.2) is 74.3 Å². The van der Waals surface area contributed by atoms with Gasteiger partial charge in [0.15, 0.2) is 0 Å². The zero-order chi connectivity index (χ0) is 25.0. The number of anilines is 2. The summed E-state index contributed by atoms with van der Waals surface area (Å²) in [5.74, 6) is 0.370. The first-order chi connectivity index (χ1) is 16.9. The first-order valence-corrected chi connectivity index (χ1v) is 12.6. The molecule has 2 saturated heterocycles. The van der Waals surface area contributed by atoms with Gasteiger partial charge in [0.25, 0.3) is 5.91 Å². The van der Waals surface area contributed by atoms with Crippen molar-refractivity contribution in [3.8, 4) is 11.5 Å². The lowest BCUT2D eigenvalue weighted by Crippen LogP contribution is -2.54. The molecule has 2 N–H and O–H groups in total. The number of carbonyl (C=O) groups excluding carboxylic acids is 3. The predicted octanol–water partition coefficient (Wildman–Crippen LogP) is 2.76. The second-order valence-electron chi connectivity index (χ2n) is 9.27. The summed E-state index contributed by atoms with van der Waals surface area (Å²) in [5.41, 5.74) is 0.414. The summed E-state index contributed by atoms with van der Waals surface area (Å²) in [4.78, 5) is 42.1. The van der Waals surface area contributed by atoms with E-state index in [-0.39, 0.29) is 18.4 Å². The third-order valence-corrected chi connectivity index (χ3v) is 7.09. The van der Waals surface area contributed by atoms with Crippen LogP contribution >= 0.6 is 0 Å². The van der Waals surface area contributed by atoms with E-state index >= 15 is 0 Å². The van der Waals surface area contributed by atoms with Crippen LogP contribution in [0.4, 0.5) is 16.2 Å². The molecule has 0 unspecified atom stereocenters. The van der Waals surface area contributed by atoms with Crippen LogP contribution in [0.5, 0.6) is 11.5 Å². The fraction of sp³-hybridized carbons (Fsp3) is 0.640. The first kappa shape index (κ1) is 25.1. The van der Waals surface area contributed by atoms with Gasteiger partial charge in [-0.25, -0.2) is 4.79 Å². The van der Waals surface area contributed by atoms with Crippen LogP contribution in [0.15, 0.2) is 12.1 Å². The molecule has 0 bridgehead atoms. The summed E-state index contributed by atoms with van der Waals surface area (Å²) in [6.45, 7) is 8.97. The van der Waals surface area contributed by atoms with Crippen LogP contribution in [0.1, 0.15) is 46.5 Å². The number of benzene rings is 1. The molecule has 2 heterocycles. The maximum absolute atomic E-state index is 13.2. The number of urea groups is 1. The molecule has 10 nitrogen and oxygen atoms in total. The molecule has 0 aromatic heterocycles. The second kappa shape index (κ2) is 10.7. The van der Waals surface area contributed by atoms with E-state index in [9.17, 15) is 14.4 Å². The van der Waals surface area contributed by atoms with E-state index < -0.39 is 17.5 Å². The Morgan fingerprint density at radius 1 is 1.14 bits per heavy atom. The number of imide groups is 1. The van der Waals surface area contributed by atoms with Gasteiger partial charge >= 0.3 is 6.03 Å². The molecule has 1 aromatic carbocycles. The largest absolute Gasteiger partial charge is 0.492 e. The quantitative estimate of drug-likeness (QED) is 0.542. The maximum atomic E-state index is 13.2. The molecule has 1 aliphatic carbocycles. The SMILES string of the molecule is CCOc1cc(N2CCOCC2)c(OCC)cc1NC(=O)CN1C(=O)N[C@@]2(CCCC[C@H]2C)C1=O. The third-order valence-electron chi connectivity index (χ3n) is 7.09. The standard InChI is InChI=1S/C25H36N4O6/c1-4-34-20-15-19(28-10-12-33-13-11-28)21(35-5-2)14-18(20)26-22(30)16-29-23(31)25(27-24(29)32)9-7-6-8-17(25)3/h14-15,17H,4-13,16H2,1-3H3,(H,26,30)(H,27,32)/t17-,25-/m1/s1. The lowest BCUT2D eigenvalue weighted by molar-refractivity contribution is -0.136. The Balaban J connectivity index is 1.53. The number of hydrogen-bond donors (Lipinski definition) is 2. The molecule has 2 atom stereocenters. The van der Waals surface area contributed by atoms with Crippen LogP contribution in [-0.2, 0) is 14.3 Å². The Morgan fingerprint density at radius 2 is 1.86 bits per heavy atom.